The quantitative estimate of drug-likeness (QED) is 0.729. The highest BCUT2D eigenvalue weighted by molar-refractivity contribution is 7.08. The lowest BCUT2D eigenvalue weighted by Gasteiger charge is -2.22. The molecular formula is C17H22N2O3S. The number of aliphatic hydroxyl groups is 1. The molecule has 2 rings (SSSR count). The highest BCUT2D eigenvalue weighted by Crippen LogP contribution is 2.21. The van der Waals surface area contributed by atoms with Crippen LogP contribution in [0.25, 0.3) is 0 Å². The van der Waals surface area contributed by atoms with Crippen LogP contribution in [0.4, 0.5) is 4.79 Å². The van der Waals surface area contributed by atoms with Crippen molar-refractivity contribution in [2.24, 2.45) is 0 Å². The second-order valence-electron chi connectivity index (χ2n) is 5.58. The van der Waals surface area contributed by atoms with Gasteiger partial charge in [0.2, 0.25) is 0 Å². The van der Waals surface area contributed by atoms with Crippen LogP contribution in [-0.2, 0) is 23.5 Å². The molecule has 23 heavy (non-hydrogen) atoms. The number of carbonyl (C=O) groups is 1. The van der Waals surface area contributed by atoms with Gasteiger partial charge in [-0.2, -0.15) is 11.3 Å². The Morgan fingerprint density at radius 2 is 2.09 bits per heavy atom. The van der Waals surface area contributed by atoms with E-state index in [1.807, 2.05) is 41.1 Å². The van der Waals surface area contributed by atoms with Gasteiger partial charge >= 0.3 is 6.03 Å². The molecule has 0 saturated carbocycles. The van der Waals surface area contributed by atoms with Gasteiger partial charge in [-0.25, -0.2) is 4.79 Å². The topological polar surface area (TPSA) is 70.6 Å². The highest BCUT2D eigenvalue weighted by atomic mass is 32.1. The first kappa shape index (κ1) is 17.5. The zero-order valence-electron chi connectivity index (χ0n) is 13.3. The van der Waals surface area contributed by atoms with Gasteiger partial charge in [0.15, 0.2) is 0 Å². The number of nitrogens with one attached hydrogen (secondary N) is 2. The summed E-state index contributed by atoms with van der Waals surface area (Å²) in [6.07, 6.45) is 0. The number of thiophene rings is 1. The van der Waals surface area contributed by atoms with Crippen LogP contribution in [0.15, 0.2) is 41.1 Å². The van der Waals surface area contributed by atoms with Crippen molar-refractivity contribution in [1.29, 1.82) is 0 Å². The van der Waals surface area contributed by atoms with E-state index in [1.165, 1.54) is 11.3 Å². The van der Waals surface area contributed by atoms with Gasteiger partial charge in [0, 0.05) is 13.7 Å². The van der Waals surface area contributed by atoms with Crippen LogP contribution in [0.5, 0.6) is 0 Å². The summed E-state index contributed by atoms with van der Waals surface area (Å²) in [5.41, 5.74) is 1.79. The number of benzene rings is 1. The maximum absolute atomic E-state index is 11.9. The van der Waals surface area contributed by atoms with E-state index in [0.717, 1.165) is 16.7 Å². The smallest absolute Gasteiger partial charge is 0.315 e. The van der Waals surface area contributed by atoms with Crippen LogP contribution in [-0.4, -0.2) is 24.8 Å². The van der Waals surface area contributed by atoms with Crippen LogP contribution in [0.1, 0.15) is 23.6 Å². The molecule has 0 aliphatic heterocycles. The minimum absolute atomic E-state index is 0.152. The number of amides is 2. The molecule has 0 aliphatic carbocycles. The van der Waals surface area contributed by atoms with Gasteiger partial charge in [0.05, 0.1) is 13.2 Å². The van der Waals surface area contributed by atoms with Gasteiger partial charge in [-0.15, -0.1) is 0 Å². The molecular weight excluding hydrogens is 312 g/mol. The van der Waals surface area contributed by atoms with E-state index in [4.69, 9.17) is 4.74 Å². The first-order valence-corrected chi connectivity index (χ1v) is 8.29. The van der Waals surface area contributed by atoms with Crippen molar-refractivity contribution in [2.75, 3.05) is 13.7 Å². The van der Waals surface area contributed by atoms with Crippen LogP contribution in [0.2, 0.25) is 0 Å². The summed E-state index contributed by atoms with van der Waals surface area (Å²) in [7, 11) is 1.65. The summed E-state index contributed by atoms with van der Waals surface area (Å²) in [4.78, 5) is 11.9. The molecule has 0 spiro atoms. The van der Waals surface area contributed by atoms with Gasteiger partial charge in [-0.05, 0) is 40.4 Å². The molecule has 0 bridgehead atoms. The first-order chi connectivity index (χ1) is 11.0. The highest BCUT2D eigenvalue weighted by Gasteiger charge is 2.24. The molecule has 2 aromatic rings. The van der Waals surface area contributed by atoms with Crippen molar-refractivity contribution in [1.82, 2.24) is 10.6 Å². The number of urea groups is 1. The largest absolute Gasteiger partial charge is 0.384 e. The average Bonchev–Trinajstić information content (AvgIpc) is 3.07. The number of carbonyl (C=O) groups excluding carboxylic acids is 1. The Labute approximate surface area is 140 Å². The third-order valence-electron chi connectivity index (χ3n) is 3.49. The van der Waals surface area contributed by atoms with Gasteiger partial charge in [-0.1, -0.05) is 24.3 Å². The molecule has 3 N–H and O–H groups in total. The Morgan fingerprint density at radius 1 is 1.30 bits per heavy atom. The molecule has 5 nitrogen and oxygen atoms in total. The van der Waals surface area contributed by atoms with Crippen LogP contribution >= 0.6 is 11.3 Å². The molecule has 124 valence electrons. The van der Waals surface area contributed by atoms with E-state index in [0.29, 0.717) is 13.2 Å². The fourth-order valence-electron chi connectivity index (χ4n) is 2.17. The zero-order chi connectivity index (χ0) is 16.7. The lowest BCUT2D eigenvalue weighted by molar-refractivity contribution is 0.0598. The Bertz CT molecular complexity index is 627. The minimum Gasteiger partial charge on any atom is -0.384 e. The molecule has 1 atom stereocenters. The Hall–Kier alpha value is -1.89. The van der Waals surface area contributed by atoms with Crippen molar-refractivity contribution in [2.45, 2.75) is 25.7 Å². The van der Waals surface area contributed by atoms with Gasteiger partial charge in [0.25, 0.3) is 0 Å². The second kappa shape index (κ2) is 8.10. The van der Waals surface area contributed by atoms with E-state index in [1.54, 1.807) is 14.0 Å². The lowest BCUT2D eigenvalue weighted by Crippen LogP contribution is -2.43. The van der Waals surface area contributed by atoms with Crippen LogP contribution in [0, 0.1) is 0 Å². The van der Waals surface area contributed by atoms with E-state index >= 15 is 0 Å². The Morgan fingerprint density at radius 3 is 2.78 bits per heavy atom. The number of hydrogen-bond acceptors (Lipinski definition) is 4. The normalized spacial score (nSPS) is 13.3. The maximum atomic E-state index is 11.9. The maximum Gasteiger partial charge on any atom is 0.315 e. The molecule has 0 fully saturated rings. The van der Waals surface area contributed by atoms with Crippen molar-refractivity contribution in [3.63, 3.8) is 0 Å². The molecule has 2 amide bonds. The standard InChI is InChI=1S/C17H22N2O3S/c1-17(21,15-6-7-23-11-15)12-19-16(20)18-9-13-4-3-5-14(8-13)10-22-2/h3-8,11,21H,9-10,12H2,1-2H3,(H2,18,19,20). The SMILES string of the molecule is COCc1cccc(CNC(=O)NCC(C)(O)c2ccsc2)c1. The fourth-order valence-corrected chi connectivity index (χ4v) is 2.95. The molecule has 0 aliphatic rings. The molecule has 1 unspecified atom stereocenters. The van der Waals surface area contributed by atoms with E-state index in [9.17, 15) is 9.90 Å². The van der Waals surface area contributed by atoms with Gasteiger partial charge in [-0.3, -0.25) is 0 Å². The molecule has 6 heteroatoms. The molecule has 1 aromatic heterocycles. The number of methoxy groups -OCH3 is 1. The van der Waals surface area contributed by atoms with E-state index in [-0.39, 0.29) is 12.6 Å². The minimum atomic E-state index is -1.07. The molecule has 0 radical (unpaired) electrons. The van der Waals surface area contributed by atoms with Crippen molar-refractivity contribution >= 4 is 17.4 Å². The Kier molecular flexibility index (Phi) is 6.15. The number of hydrogen-bond donors (Lipinski definition) is 3. The number of ether oxygens (including phenoxy) is 1. The Balaban J connectivity index is 1.80. The third kappa shape index (κ3) is 5.35. The average molecular weight is 334 g/mol. The summed E-state index contributed by atoms with van der Waals surface area (Å²) < 4.78 is 5.09. The predicted molar refractivity (Wildman–Crippen MR) is 91.3 cm³/mol. The molecule has 1 heterocycles. The van der Waals surface area contributed by atoms with E-state index in [2.05, 4.69) is 10.6 Å². The van der Waals surface area contributed by atoms with Crippen molar-refractivity contribution in [3.05, 3.63) is 57.8 Å². The number of rotatable bonds is 7. The fraction of sp³-hybridized carbons (Fsp3) is 0.353. The van der Waals surface area contributed by atoms with Gasteiger partial charge < -0.3 is 20.5 Å². The predicted octanol–water partition coefficient (Wildman–Crippen LogP) is 2.60. The second-order valence-corrected chi connectivity index (χ2v) is 6.36. The van der Waals surface area contributed by atoms with Crippen molar-refractivity contribution in [3.8, 4) is 0 Å². The van der Waals surface area contributed by atoms with Gasteiger partial charge in [0.1, 0.15) is 5.60 Å². The summed E-state index contributed by atoms with van der Waals surface area (Å²) in [6, 6.07) is 9.39. The summed E-state index contributed by atoms with van der Waals surface area (Å²) in [5.74, 6) is 0. The summed E-state index contributed by atoms with van der Waals surface area (Å²) in [6.45, 7) is 2.80. The monoisotopic (exact) mass is 334 g/mol. The summed E-state index contributed by atoms with van der Waals surface area (Å²) >= 11 is 1.51. The molecule has 0 saturated heterocycles. The lowest BCUT2D eigenvalue weighted by atomic mass is 9.99. The first-order valence-electron chi connectivity index (χ1n) is 7.35. The molecule has 1 aromatic carbocycles. The van der Waals surface area contributed by atoms with Crippen LogP contribution in [0.3, 0.4) is 0 Å². The third-order valence-corrected chi connectivity index (χ3v) is 4.17. The van der Waals surface area contributed by atoms with Crippen molar-refractivity contribution < 1.29 is 14.6 Å². The summed E-state index contributed by atoms with van der Waals surface area (Å²) in [5, 5.41) is 19.6. The van der Waals surface area contributed by atoms with Crippen LogP contribution < -0.4 is 10.6 Å². The van der Waals surface area contributed by atoms with E-state index < -0.39 is 5.60 Å². The zero-order valence-corrected chi connectivity index (χ0v) is 14.2.